The molecule has 0 spiro atoms. The smallest absolute Gasteiger partial charge is 0.393 e. The molecule has 0 saturated heterocycles. The molecule has 7 heteroatoms. The van der Waals surface area contributed by atoms with Gasteiger partial charge in [-0.3, -0.25) is 9.59 Å². The van der Waals surface area contributed by atoms with Crippen molar-refractivity contribution in [1.29, 1.82) is 0 Å². The minimum absolute atomic E-state index is 0.0292. The summed E-state index contributed by atoms with van der Waals surface area (Å²) in [5.41, 5.74) is 3.56. The fraction of sp³-hybridized carbons (Fsp3) is 0.297. The molecule has 5 nitrogen and oxygen atoms in total. The molecule has 0 aliphatic heterocycles. The lowest BCUT2D eigenvalue weighted by atomic mass is 10.00. The first-order valence-corrected chi connectivity index (χ1v) is 19.2. The number of aromatic hydroxyl groups is 1. The van der Waals surface area contributed by atoms with Gasteiger partial charge in [0.05, 0.1) is 0 Å². The number of rotatable bonds is 13. The summed E-state index contributed by atoms with van der Waals surface area (Å²) in [5.74, 6) is 0.753. The third-order valence-corrected chi connectivity index (χ3v) is 17.3. The zero-order valence-electron chi connectivity index (χ0n) is 26.8. The largest absolute Gasteiger partial charge is 0.520 e. The first-order chi connectivity index (χ1) is 20.9. The lowest BCUT2D eigenvalue weighted by Crippen LogP contribution is -2.56. The molecule has 0 aliphatic carbocycles. The van der Waals surface area contributed by atoms with E-state index in [1.54, 1.807) is 24.3 Å². The number of carbonyl (C=O) groups excluding carboxylic acids is 2. The third-order valence-electron chi connectivity index (χ3n) is 8.33. The topological polar surface area (TPSA) is 72.8 Å². The first kappa shape index (κ1) is 33.1. The first-order valence-electron chi connectivity index (χ1n) is 15.4. The van der Waals surface area contributed by atoms with E-state index in [2.05, 4.69) is 48.5 Å². The van der Waals surface area contributed by atoms with Crippen LogP contribution >= 0.6 is 0 Å². The summed E-state index contributed by atoms with van der Waals surface area (Å²) in [6.07, 6.45) is 0. The molecule has 0 heterocycles. The van der Waals surface area contributed by atoms with Crippen molar-refractivity contribution in [3.63, 3.8) is 0 Å². The molecule has 230 valence electrons. The van der Waals surface area contributed by atoms with Gasteiger partial charge in [-0.1, -0.05) is 109 Å². The van der Waals surface area contributed by atoms with Crippen molar-refractivity contribution < 1.29 is 23.2 Å². The summed E-state index contributed by atoms with van der Waals surface area (Å²) < 4.78 is 14.2. The maximum atomic E-state index is 13.3. The maximum absolute atomic E-state index is 13.3. The van der Waals surface area contributed by atoms with Gasteiger partial charge < -0.3 is 13.6 Å². The summed E-state index contributed by atoms with van der Waals surface area (Å²) in [6.45, 7) is 15.1. The minimum Gasteiger partial charge on any atom is -0.520 e. The summed E-state index contributed by atoms with van der Waals surface area (Å²) in [5, 5.41) is 11.0. The molecule has 1 N–H and O–H groups in total. The van der Waals surface area contributed by atoms with Crippen LogP contribution in [0, 0.1) is 0 Å². The van der Waals surface area contributed by atoms with Crippen LogP contribution in [0.2, 0.25) is 16.6 Å². The third kappa shape index (κ3) is 7.29. The number of hydrogen-bond acceptors (Lipinski definition) is 5. The van der Waals surface area contributed by atoms with Crippen LogP contribution in [0.1, 0.15) is 91.4 Å². The number of carbonyl (C=O) groups is 2. The standard InChI is InChI=1S/C37H44O5Si2/c1-25(2)43(28(7)34-24-32(20-23-35(34)38)37(40)30-16-12-9-13-17-30)42-44(26(3)4,27(5)6)41-33-21-18-31(19-22-33)36(39)29-14-10-8-11-15-29/h8-28,38,43H,1-7H3. The van der Waals surface area contributed by atoms with Gasteiger partial charge in [-0.25, -0.2) is 0 Å². The lowest BCUT2D eigenvalue weighted by molar-refractivity contribution is 0.103. The normalized spacial score (nSPS) is 13.2. The van der Waals surface area contributed by atoms with Crippen LogP contribution in [0.4, 0.5) is 0 Å². The van der Waals surface area contributed by atoms with Gasteiger partial charge in [-0.05, 0) is 53.6 Å². The van der Waals surface area contributed by atoms with E-state index >= 15 is 0 Å². The van der Waals surface area contributed by atoms with Gasteiger partial charge in [0, 0.05) is 38.9 Å². The average molecular weight is 625 g/mol. The number of benzene rings is 4. The minimum atomic E-state index is -2.90. The SMILES string of the molecule is CC(C)[SiH](O[Si](Oc1ccc(C(=O)c2ccccc2)cc1)(C(C)C)C(C)C)C(C)c1cc(C(=O)c2ccccc2)ccc1O. The second kappa shape index (κ2) is 14.3. The Bertz CT molecular complexity index is 1540. The molecule has 0 bridgehead atoms. The van der Waals surface area contributed by atoms with E-state index in [0.29, 0.717) is 28.0 Å². The Morgan fingerprint density at radius 3 is 1.57 bits per heavy atom. The van der Waals surface area contributed by atoms with Gasteiger partial charge in [-0.15, -0.1) is 0 Å². The van der Waals surface area contributed by atoms with E-state index in [4.69, 9.17) is 8.54 Å². The van der Waals surface area contributed by atoms with Gasteiger partial charge in [0.1, 0.15) is 11.5 Å². The second-order valence-electron chi connectivity index (χ2n) is 12.4. The van der Waals surface area contributed by atoms with Crippen molar-refractivity contribution in [3.05, 3.63) is 131 Å². The van der Waals surface area contributed by atoms with Crippen molar-refractivity contribution >= 4 is 29.2 Å². The monoisotopic (exact) mass is 624 g/mol. The molecule has 0 amide bonds. The molecule has 2 atom stereocenters. The van der Waals surface area contributed by atoms with Crippen LogP contribution in [0.5, 0.6) is 11.5 Å². The van der Waals surface area contributed by atoms with Gasteiger partial charge in [0.2, 0.25) is 0 Å². The van der Waals surface area contributed by atoms with Crippen LogP contribution in [0.15, 0.2) is 103 Å². The van der Waals surface area contributed by atoms with Crippen molar-refractivity contribution in [2.45, 2.75) is 70.6 Å². The fourth-order valence-electron chi connectivity index (χ4n) is 5.84. The molecular formula is C37H44O5Si2. The van der Waals surface area contributed by atoms with Gasteiger partial charge >= 0.3 is 8.56 Å². The average Bonchev–Trinajstić information content (AvgIpc) is 3.03. The molecule has 0 saturated carbocycles. The quantitative estimate of drug-likeness (QED) is 0.119. The number of phenols is 1. The highest BCUT2D eigenvalue weighted by molar-refractivity contribution is 6.78. The van der Waals surface area contributed by atoms with Gasteiger partial charge in [0.15, 0.2) is 20.6 Å². The molecule has 4 rings (SSSR count). The molecule has 0 fully saturated rings. The van der Waals surface area contributed by atoms with E-state index in [9.17, 15) is 14.7 Å². The van der Waals surface area contributed by atoms with E-state index in [1.165, 1.54) is 0 Å². The zero-order chi connectivity index (χ0) is 32.0. The Morgan fingerprint density at radius 1 is 0.636 bits per heavy atom. The number of ketones is 2. The van der Waals surface area contributed by atoms with Crippen LogP contribution in [-0.4, -0.2) is 34.3 Å². The zero-order valence-corrected chi connectivity index (χ0v) is 28.9. The van der Waals surface area contributed by atoms with Crippen molar-refractivity contribution in [1.82, 2.24) is 0 Å². The molecule has 0 radical (unpaired) electrons. The second-order valence-corrected chi connectivity index (χ2v) is 20.6. The lowest BCUT2D eigenvalue weighted by Gasteiger charge is -2.43. The van der Waals surface area contributed by atoms with E-state index < -0.39 is 17.6 Å². The number of hydrogen-bond donors (Lipinski definition) is 1. The molecule has 4 aromatic carbocycles. The molecular weight excluding hydrogens is 581 g/mol. The van der Waals surface area contributed by atoms with E-state index in [1.807, 2.05) is 78.9 Å². The fourth-order valence-corrected chi connectivity index (χ4v) is 15.9. The van der Waals surface area contributed by atoms with Crippen LogP contribution in [0.3, 0.4) is 0 Å². The molecule has 2 unspecified atom stereocenters. The van der Waals surface area contributed by atoms with E-state index in [0.717, 1.165) is 5.56 Å². The summed E-state index contributed by atoms with van der Waals surface area (Å²) in [4.78, 5) is 26.2. The maximum Gasteiger partial charge on any atom is 0.393 e. The Balaban J connectivity index is 1.64. The van der Waals surface area contributed by atoms with Crippen LogP contribution in [-0.2, 0) is 4.12 Å². The molecule has 0 aliphatic rings. The molecule has 4 aromatic rings. The Labute approximate surface area is 264 Å². The van der Waals surface area contributed by atoms with Crippen molar-refractivity contribution in [2.24, 2.45) is 0 Å². The summed E-state index contributed by atoms with van der Waals surface area (Å²) in [7, 11) is -5.01. The number of phenolic OH excluding ortho intramolecular Hbond substituents is 1. The highest BCUT2D eigenvalue weighted by atomic mass is 28.4. The Kier molecular flexibility index (Phi) is 10.8. The highest BCUT2D eigenvalue weighted by Gasteiger charge is 2.50. The van der Waals surface area contributed by atoms with Crippen molar-refractivity contribution in [3.8, 4) is 11.5 Å². The van der Waals surface area contributed by atoms with Gasteiger partial charge in [0.25, 0.3) is 0 Å². The van der Waals surface area contributed by atoms with E-state index in [-0.39, 0.29) is 39.5 Å². The summed E-state index contributed by atoms with van der Waals surface area (Å²) >= 11 is 0. The highest BCUT2D eigenvalue weighted by Crippen LogP contribution is 2.41. The molecule has 44 heavy (non-hydrogen) atoms. The van der Waals surface area contributed by atoms with Crippen LogP contribution < -0.4 is 4.43 Å². The Morgan fingerprint density at radius 2 is 1.09 bits per heavy atom. The molecule has 0 aromatic heterocycles. The Hall–Kier alpha value is -3.79. The van der Waals surface area contributed by atoms with Crippen LogP contribution in [0.25, 0.3) is 0 Å². The predicted molar refractivity (Wildman–Crippen MR) is 183 cm³/mol. The predicted octanol–water partition coefficient (Wildman–Crippen LogP) is 8.99. The summed E-state index contributed by atoms with van der Waals surface area (Å²) in [6, 6.07) is 31.0. The van der Waals surface area contributed by atoms with Crippen molar-refractivity contribution in [2.75, 3.05) is 0 Å². The van der Waals surface area contributed by atoms with Gasteiger partial charge in [-0.2, -0.15) is 0 Å².